The summed E-state index contributed by atoms with van der Waals surface area (Å²) >= 11 is 0. The Kier molecular flexibility index (Phi) is 1.90. The average Bonchev–Trinajstić information content (AvgIpc) is 2.34. The molecular formula is C9H17NO. The number of piperidine rings is 1. The molecule has 2 fully saturated rings. The number of hydrogen-bond acceptors (Lipinski definition) is 2. The number of aliphatic hydroxyl groups is 1. The minimum Gasteiger partial charge on any atom is -0.393 e. The van der Waals surface area contributed by atoms with Crippen molar-refractivity contribution in [2.75, 3.05) is 6.54 Å². The van der Waals surface area contributed by atoms with Crippen molar-refractivity contribution in [1.29, 1.82) is 0 Å². The van der Waals surface area contributed by atoms with Gasteiger partial charge in [0.05, 0.1) is 6.10 Å². The van der Waals surface area contributed by atoms with Crippen molar-refractivity contribution in [1.82, 2.24) is 5.32 Å². The largest absolute Gasteiger partial charge is 0.393 e. The van der Waals surface area contributed by atoms with Crippen LogP contribution in [0.15, 0.2) is 0 Å². The lowest BCUT2D eigenvalue weighted by Crippen LogP contribution is -2.46. The fraction of sp³-hybridized carbons (Fsp3) is 1.00. The van der Waals surface area contributed by atoms with Crippen LogP contribution in [0.5, 0.6) is 0 Å². The van der Waals surface area contributed by atoms with Crippen molar-refractivity contribution in [2.24, 2.45) is 0 Å². The lowest BCUT2D eigenvalue weighted by Gasteiger charge is -2.34. The highest BCUT2D eigenvalue weighted by atomic mass is 16.3. The van der Waals surface area contributed by atoms with Gasteiger partial charge in [-0.2, -0.15) is 0 Å². The summed E-state index contributed by atoms with van der Waals surface area (Å²) in [5.41, 5.74) is 0.345. The zero-order valence-electron chi connectivity index (χ0n) is 6.97. The van der Waals surface area contributed by atoms with Gasteiger partial charge in [0.2, 0.25) is 0 Å². The fourth-order valence-electron chi connectivity index (χ4n) is 2.52. The molecular weight excluding hydrogens is 138 g/mol. The summed E-state index contributed by atoms with van der Waals surface area (Å²) in [6.07, 6.45) is 7.11. The zero-order valence-corrected chi connectivity index (χ0v) is 6.97. The summed E-state index contributed by atoms with van der Waals surface area (Å²) in [6.45, 7) is 1.16. The van der Waals surface area contributed by atoms with E-state index in [4.69, 9.17) is 0 Å². The molecule has 0 radical (unpaired) electrons. The molecule has 1 heterocycles. The summed E-state index contributed by atoms with van der Waals surface area (Å²) in [5.74, 6) is 0. The van der Waals surface area contributed by atoms with Crippen LogP contribution < -0.4 is 5.32 Å². The molecule has 1 aliphatic carbocycles. The van der Waals surface area contributed by atoms with Gasteiger partial charge < -0.3 is 10.4 Å². The van der Waals surface area contributed by atoms with Crippen LogP contribution in [0.3, 0.4) is 0 Å². The topological polar surface area (TPSA) is 32.3 Å². The van der Waals surface area contributed by atoms with Crippen LogP contribution in [-0.4, -0.2) is 23.3 Å². The maximum absolute atomic E-state index is 9.41. The van der Waals surface area contributed by atoms with E-state index in [1.54, 1.807) is 0 Å². The third-order valence-corrected chi connectivity index (χ3v) is 3.16. The summed E-state index contributed by atoms with van der Waals surface area (Å²) < 4.78 is 0. The van der Waals surface area contributed by atoms with Gasteiger partial charge in [-0.15, -0.1) is 0 Å². The Hall–Kier alpha value is -0.0800. The van der Waals surface area contributed by atoms with Gasteiger partial charge in [-0.05, 0) is 38.6 Å². The smallest absolute Gasteiger partial charge is 0.0558 e. The number of rotatable bonds is 0. The fourth-order valence-corrected chi connectivity index (χ4v) is 2.52. The van der Waals surface area contributed by atoms with Crippen LogP contribution in [0, 0.1) is 0 Å². The van der Waals surface area contributed by atoms with E-state index in [0.717, 1.165) is 19.4 Å². The van der Waals surface area contributed by atoms with Crippen molar-refractivity contribution in [3.8, 4) is 0 Å². The summed E-state index contributed by atoms with van der Waals surface area (Å²) in [4.78, 5) is 0. The predicted octanol–water partition coefficient (Wildman–Crippen LogP) is 1.04. The Bertz CT molecular complexity index is 135. The molecule has 2 atom stereocenters. The molecule has 2 rings (SSSR count). The molecule has 2 aliphatic rings. The van der Waals surface area contributed by atoms with E-state index in [0.29, 0.717) is 5.54 Å². The molecule has 1 saturated heterocycles. The molecule has 0 unspecified atom stereocenters. The Labute approximate surface area is 68.0 Å². The molecule has 2 N–H and O–H groups in total. The van der Waals surface area contributed by atoms with Gasteiger partial charge in [0, 0.05) is 5.54 Å². The van der Waals surface area contributed by atoms with E-state index in [9.17, 15) is 5.11 Å². The third-order valence-electron chi connectivity index (χ3n) is 3.16. The average molecular weight is 155 g/mol. The molecule has 11 heavy (non-hydrogen) atoms. The highest BCUT2D eigenvalue weighted by Crippen LogP contribution is 2.35. The van der Waals surface area contributed by atoms with E-state index >= 15 is 0 Å². The van der Waals surface area contributed by atoms with Crippen LogP contribution >= 0.6 is 0 Å². The molecule has 1 saturated carbocycles. The molecule has 1 spiro atoms. The first-order chi connectivity index (χ1) is 5.31. The quantitative estimate of drug-likeness (QED) is 0.548. The Balaban J connectivity index is 1.98. The van der Waals surface area contributed by atoms with E-state index in [2.05, 4.69) is 5.32 Å². The predicted molar refractivity (Wildman–Crippen MR) is 44.4 cm³/mol. The van der Waals surface area contributed by atoms with E-state index in [-0.39, 0.29) is 6.10 Å². The summed E-state index contributed by atoms with van der Waals surface area (Å²) in [7, 11) is 0. The van der Waals surface area contributed by atoms with Crippen LogP contribution in [0.2, 0.25) is 0 Å². The van der Waals surface area contributed by atoms with Crippen molar-refractivity contribution in [3.63, 3.8) is 0 Å². The van der Waals surface area contributed by atoms with Gasteiger partial charge in [-0.1, -0.05) is 6.42 Å². The SMILES string of the molecule is O[C@@H]1CC[C@@]2(CCCCN2)C1. The molecule has 0 aromatic carbocycles. The van der Waals surface area contributed by atoms with Crippen LogP contribution in [-0.2, 0) is 0 Å². The van der Waals surface area contributed by atoms with Gasteiger partial charge in [0.15, 0.2) is 0 Å². The van der Waals surface area contributed by atoms with E-state index < -0.39 is 0 Å². The Morgan fingerprint density at radius 1 is 1.27 bits per heavy atom. The van der Waals surface area contributed by atoms with Gasteiger partial charge in [0.1, 0.15) is 0 Å². The number of hydrogen-bond donors (Lipinski definition) is 2. The van der Waals surface area contributed by atoms with Crippen molar-refractivity contribution >= 4 is 0 Å². The molecule has 0 aromatic heterocycles. The number of nitrogens with one attached hydrogen (secondary N) is 1. The lowest BCUT2D eigenvalue weighted by atomic mass is 9.87. The summed E-state index contributed by atoms with van der Waals surface area (Å²) in [5, 5.41) is 13.0. The van der Waals surface area contributed by atoms with Crippen LogP contribution in [0.1, 0.15) is 38.5 Å². The second kappa shape index (κ2) is 2.76. The molecule has 2 nitrogen and oxygen atoms in total. The standard InChI is InChI=1S/C9H17NO/c11-8-3-5-9(7-8)4-1-2-6-10-9/h8,10-11H,1-7H2/t8-,9+/m1/s1. The minimum absolute atomic E-state index is 0.0272. The lowest BCUT2D eigenvalue weighted by molar-refractivity contribution is 0.159. The normalized spacial score (nSPS) is 45.0. The highest BCUT2D eigenvalue weighted by molar-refractivity contribution is 4.97. The summed E-state index contributed by atoms with van der Waals surface area (Å²) in [6, 6.07) is 0. The monoisotopic (exact) mass is 155 g/mol. The van der Waals surface area contributed by atoms with Gasteiger partial charge in [-0.3, -0.25) is 0 Å². The highest BCUT2D eigenvalue weighted by Gasteiger charge is 2.38. The van der Waals surface area contributed by atoms with E-state index in [1.165, 1.54) is 25.7 Å². The second-order valence-corrected chi connectivity index (χ2v) is 4.06. The van der Waals surface area contributed by atoms with Crippen molar-refractivity contribution in [3.05, 3.63) is 0 Å². The van der Waals surface area contributed by atoms with Gasteiger partial charge >= 0.3 is 0 Å². The molecule has 0 aromatic rings. The van der Waals surface area contributed by atoms with Crippen LogP contribution in [0.4, 0.5) is 0 Å². The zero-order chi connectivity index (χ0) is 7.73. The van der Waals surface area contributed by atoms with Gasteiger partial charge in [-0.25, -0.2) is 0 Å². The van der Waals surface area contributed by atoms with Crippen molar-refractivity contribution in [2.45, 2.75) is 50.2 Å². The Morgan fingerprint density at radius 3 is 2.73 bits per heavy atom. The molecule has 0 bridgehead atoms. The maximum Gasteiger partial charge on any atom is 0.0558 e. The first-order valence-corrected chi connectivity index (χ1v) is 4.74. The first kappa shape index (κ1) is 7.56. The minimum atomic E-state index is -0.0272. The molecule has 64 valence electrons. The third kappa shape index (κ3) is 1.42. The van der Waals surface area contributed by atoms with E-state index in [1.807, 2.05) is 0 Å². The van der Waals surface area contributed by atoms with Crippen molar-refractivity contribution < 1.29 is 5.11 Å². The number of aliphatic hydroxyl groups excluding tert-OH is 1. The molecule has 0 amide bonds. The Morgan fingerprint density at radius 2 is 2.18 bits per heavy atom. The van der Waals surface area contributed by atoms with Gasteiger partial charge in [0.25, 0.3) is 0 Å². The molecule has 2 heteroatoms. The van der Waals surface area contributed by atoms with Crippen LogP contribution in [0.25, 0.3) is 0 Å². The first-order valence-electron chi connectivity index (χ1n) is 4.74. The molecule has 1 aliphatic heterocycles. The second-order valence-electron chi connectivity index (χ2n) is 4.06. The maximum atomic E-state index is 9.41.